The van der Waals surface area contributed by atoms with E-state index in [1.54, 1.807) is 0 Å². The van der Waals surface area contributed by atoms with E-state index in [1.807, 2.05) is 6.08 Å². The molecule has 4 unspecified atom stereocenters. The average molecular weight is 124 g/mol. The Hall–Kier alpha value is -0.300. The maximum Gasteiger partial charge on any atom is 0.0577 e. The van der Waals surface area contributed by atoms with Gasteiger partial charge in [-0.2, -0.15) is 0 Å². The summed E-state index contributed by atoms with van der Waals surface area (Å²) in [4.78, 5) is 0. The molecular weight excluding hydrogens is 112 g/mol. The third-order valence-electron chi connectivity index (χ3n) is 2.80. The molecule has 2 fully saturated rings. The summed E-state index contributed by atoms with van der Waals surface area (Å²) in [6, 6.07) is 0. The first-order chi connectivity index (χ1) is 4.34. The minimum absolute atomic E-state index is 0.00185. The molecule has 0 bridgehead atoms. The molecule has 0 amide bonds. The standard InChI is InChI=1S/C8H12O/c1-2-5-6-3-4-7(9)8(5)6/h2,5-9H,1,3-4H2. The number of hydrogen-bond donors (Lipinski definition) is 1. The van der Waals surface area contributed by atoms with Crippen molar-refractivity contribution >= 4 is 0 Å². The lowest BCUT2D eigenvalue weighted by Crippen LogP contribution is -2.05. The summed E-state index contributed by atoms with van der Waals surface area (Å²) in [6.07, 6.45) is 4.25. The summed E-state index contributed by atoms with van der Waals surface area (Å²) >= 11 is 0. The van der Waals surface area contributed by atoms with Crippen molar-refractivity contribution < 1.29 is 5.11 Å². The van der Waals surface area contributed by atoms with Crippen molar-refractivity contribution in [1.82, 2.24) is 0 Å². The van der Waals surface area contributed by atoms with Crippen LogP contribution in [0.4, 0.5) is 0 Å². The summed E-state index contributed by atoms with van der Waals surface area (Å²) in [5.74, 6) is 2.06. The largest absolute Gasteiger partial charge is 0.393 e. The van der Waals surface area contributed by atoms with Gasteiger partial charge in [-0.25, -0.2) is 0 Å². The molecule has 0 heterocycles. The first kappa shape index (κ1) is 5.48. The summed E-state index contributed by atoms with van der Waals surface area (Å²) in [5.41, 5.74) is 0. The predicted molar refractivity (Wildman–Crippen MR) is 35.9 cm³/mol. The maximum absolute atomic E-state index is 9.29. The Morgan fingerprint density at radius 3 is 2.56 bits per heavy atom. The van der Waals surface area contributed by atoms with Gasteiger partial charge in [0.25, 0.3) is 0 Å². The highest BCUT2D eigenvalue weighted by Gasteiger charge is 2.55. The second-order valence-corrected chi connectivity index (χ2v) is 3.20. The highest BCUT2D eigenvalue weighted by atomic mass is 16.3. The van der Waals surface area contributed by atoms with Gasteiger partial charge in [0, 0.05) is 0 Å². The van der Waals surface area contributed by atoms with E-state index in [0.717, 1.165) is 12.3 Å². The van der Waals surface area contributed by atoms with Gasteiger partial charge in [-0.05, 0) is 30.6 Å². The minimum atomic E-state index is -0.00185. The van der Waals surface area contributed by atoms with E-state index in [9.17, 15) is 5.11 Å². The fourth-order valence-electron chi connectivity index (χ4n) is 2.24. The summed E-state index contributed by atoms with van der Waals surface area (Å²) in [7, 11) is 0. The van der Waals surface area contributed by atoms with Gasteiger partial charge in [0.05, 0.1) is 6.10 Å². The molecule has 0 radical (unpaired) electrons. The van der Waals surface area contributed by atoms with Gasteiger partial charge < -0.3 is 5.11 Å². The number of aliphatic hydroxyl groups excluding tert-OH is 1. The van der Waals surface area contributed by atoms with Crippen LogP contribution in [0.15, 0.2) is 12.7 Å². The third-order valence-corrected chi connectivity index (χ3v) is 2.80. The number of rotatable bonds is 1. The van der Waals surface area contributed by atoms with E-state index >= 15 is 0 Å². The Bertz CT molecular complexity index is 142. The van der Waals surface area contributed by atoms with Crippen LogP contribution in [-0.4, -0.2) is 11.2 Å². The molecule has 4 atom stereocenters. The number of fused-ring (bicyclic) bond motifs is 1. The predicted octanol–water partition coefficient (Wildman–Crippen LogP) is 1.19. The van der Waals surface area contributed by atoms with Crippen molar-refractivity contribution in [3.8, 4) is 0 Å². The molecule has 0 spiro atoms. The fourth-order valence-corrected chi connectivity index (χ4v) is 2.24. The van der Waals surface area contributed by atoms with Crippen LogP contribution in [0.1, 0.15) is 12.8 Å². The summed E-state index contributed by atoms with van der Waals surface area (Å²) in [5, 5.41) is 9.29. The van der Waals surface area contributed by atoms with E-state index in [0.29, 0.717) is 11.8 Å². The van der Waals surface area contributed by atoms with Crippen molar-refractivity contribution in [2.45, 2.75) is 18.9 Å². The highest BCUT2D eigenvalue weighted by Crippen LogP contribution is 2.57. The van der Waals surface area contributed by atoms with E-state index in [-0.39, 0.29) is 6.10 Å². The lowest BCUT2D eigenvalue weighted by molar-refractivity contribution is 0.154. The molecule has 0 aliphatic heterocycles. The van der Waals surface area contributed by atoms with Crippen LogP contribution < -0.4 is 0 Å². The van der Waals surface area contributed by atoms with Crippen LogP contribution in [0.2, 0.25) is 0 Å². The van der Waals surface area contributed by atoms with Gasteiger partial charge in [0.2, 0.25) is 0 Å². The fraction of sp³-hybridized carbons (Fsp3) is 0.750. The molecule has 2 aliphatic carbocycles. The molecule has 2 saturated carbocycles. The van der Waals surface area contributed by atoms with Crippen molar-refractivity contribution in [2.75, 3.05) is 0 Å². The van der Waals surface area contributed by atoms with Crippen LogP contribution >= 0.6 is 0 Å². The molecule has 9 heavy (non-hydrogen) atoms. The van der Waals surface area contributed by atoms with Crippen LogP contribution in [0.25, 0.3) is 0 Å². The van der Waals surface area contributed by atoms with Gasteiger partial charge in [-0.15, -0.1) is 6.58 Å². The van der Waals surface area contributed by atoms with Gasteiger partial charge in [0.15, 0.2) is 0 Å². The van der Waals surface area contributed by atoms with E-state index in [4.69, 9.17) is 0 Å². The molecule has 50 valence electrons. The second-order valence-electron chi connectivity index (χ2n) is 3.20. The molecule has 0 aromatic rings. The number of allylic oxidation sites excluding steroid dienone is 1. The normalized spacial score (nSPS) is 54.8. The molecule has 0 aromatic carbocycles. The molecule has 1 heteroatoms. The number of hydrogen-bond acceptors (Lipinski definition) is 1. The second kappa shape index (κ2) is 1.60. The first-order valence-electron chi connectivity index (χ1n) is 3.65. The van der Waals surface area contributed by atoms with E-state index < -0.39 is 0 Å². The molecule has 0 saturated heterocycles. The Morgan fingerprint density at radius 1 is 1.44 bits per heavy atom. The SMILES string of the molecule is C=CC1C2CCC(O)C12. The Balaban J connectivity index is 2.05. The maximum atomic E-state index is 9.29. The lowest BCUT2D eigenvalue weighted by Gasteiger charge is -2.02. The first-order valence-corrected chi connectivity index (χ1v) is 3.65. The van der Waals surface area contributed by atoms with Gasteiger partial charge in [0.1, 0.15) is 0 Å². The number of aliphatic hydroxyl groups is 1. The molecule has 2 rings (SSSR count). The highest BCUT2D eigenvalue weighted by molar-refractivity contribution is 5.12. The summed E-state index contributed by atoms with van der Waals surface area (Å²) < 4.78 is 0. The monoisotopic (exact) mass is 124 g/mol. The smallest absolute Gasteiger partial charge is 0.0577 e. The third kappa shape index (κ3) is 0.584. The molecule has 2 aliphatic rings. The molecule has 1 N–H and O–H groups in total. The van der Waals surface area contributed by atoms with Gasteiger partial charge in [-0.3, -0.25) is 0 Å². The molecular formula is C8H12O. The Labute approximate surface area is 55.4 Å². The zero-order chi connectivity index (χ0) is 6.43. The average Bonchev–Trinajstić information content (AvgIpc) is 2.46. The van der Waals surface area contributed by atoms with Crippen molar-refractivity contribution in [2.24, 2.45) is 17.8 Å². The van der Waals surface area contributed by atoms with E-state index in [2.05, 4.69) is 6.58 Å². The van der Waals surface area contributed by atoms with Crippen LogP contribution in [0.3, 0.4) is 0 Å². The molecule has 0 aromatic heterocycles. The Morgan fingerprint density at radius 2 is 2.22 bits per heavy atom. The van der Waals surface area contributed by atoms with Crippen LogP contribution in [0.5, 0.6) is 0 Å². The Kier molecular flexibility index (Phi) is 0.974. The zero-order valence-corrected chi connectivity index (χ0v) is 5.46. The van der Waals surface area contributed by atoms with Crippen LogP contribution in [0, 0.1) is 17.8 Å². The van der Waals surface area contributed by atoms with Gasteiger partial charge >= 0.3 is 0 Å². The summed E-state index contributed by atoms with van der Waals surface area (Å²) in [6.45, 7) is 3.73. The van der Waals surface area contributed by atoms with Crippen LogP contribution in [-0.2, 0) is 0 Å². The quantitative estimate of drug-likeness (QED) is 0.520. The topological polar surface area (TPSA) is 20.2 Å². The van der Waals surface area contributed by atoms with Crippen molar-refractivity contribution in [3.05, 3.63) is 12.7 Å². The molecule has 1 nitrogen and oxygen atoms in total. The van der Waals surface area contributed by atoms with E-state index in [1.165, 1.54) is 6.42 Å². The zero-order valence-electron chi connectivity index (χ0n) is 5.46. The van der Waals surface area contributed by atoms with Gasteiger partial charge in [-0.1, -0.05) is 6.08 Å². The lowest BCUT2D eigenvalue weighted by atomic mass is 10.1. The minimum Gasteiger partial charge on any atom is -0.393 e. The van der Waals surface area contributed by atoms with Crippen molar-refractivity contribution in [1.29, 1.82) is 0 Å². The van der Waals surface area contributed by atoms with Crippen molar-refractivity contribution in [3.63, 3.8) is 0 Å².